The van der Waals surface area contributed by atoms with Gasteiger partial charge < -0.3 is 29.9 Å². The molecule has 2 amide bonds. The van der Waals surface area contributed by atoms with Gasteiger partial charge in [-0.2, -0.15) is 0 Å². The molecule has 2 aromatic heterocycles. The molecule has 4 rings (SSSR count). The van der Waals surface area contributed by atoms with Crippen LogP contribution in [0.2, 0.25) is 5.02 Å². The summed E-state index contributed by atoms with van der Waals surface area (Å²) >= 11 is 5.89. The number of carboxylic acids is 2. The zero-order valence-corrected chi connectivity index (χ0v) is 19.8. The maximum Gasteiger partial charge on any atom is 0.412 e. The highest BCUT2D eigenvalue weighted by Gasteiger charge is 2.44. The summed E-state index contributed by atoms with van der Waals surface area (Å²) in [4.78, 5) is 62.4. The zero-order chi connectivity index (χ0) is 26.4. The van der Waals surface area contributed by atoms with Crippen LogP contribution in [-0.4, -0.2) is 103 Å². The minimum atomic E-state index is -1.79. The molecule has 2 aliphatic rings. The van der Waals surface area contributed by atoms with Gasteiger partial charge in [0.15, 0.2) is 11.8 Å². The summed E-state index contributed by atoms with van der Waals surface area (Å²) in [6.45, 7) is 2.64. The molecule has 3 N–H and O–H groups in total. The lowest BCUT2D eigenvalue weighted by molar-refractivity contribution is -0.152. The average molecular weight is 523 g/mol. The van der Waals surface area contributed by atoms with Crippen molar-refractivity contribution in [3.63, 3.8) is 0 Å². The first-order chi connectivity index (χ1) is 17.1. The van der Waals surface area contributed by atoms with E-state index in [-0.39, 0.29) is 5.69 Å². The maximum absolute atomic E-state index is 12.8. The lowest BCUT2D eigenvalue weighted by atomic mass is 10.3. The zero-order valence-electron chi connectivity index (χ0n) is 19.0. The number of aromatic nitrogens is 3. The molecule has 1 unspecified atom stereocenters. The van der Waals surface area contributed by atoms with Crippen LogP contribution >= 0.6 is 11.6 Å². The molecule has 0 radical (unpaired) electrons. The fourth-order valence-electron chi connectivity index (χ4n) is 3.29. The molecular weight excluding hydrogens is 500 g/mol. The Morgan fingerprint density at radius 3 is 2.33 bits per heavy atom. The van der Waals surface area contributed by atoms with Crippen molar-refractivity contribution in [3.05, 3.63) is 47.1 Å². The highest BCUT2D eigenvalue weighted by Crippen LogP contribution is 2.35. The Morgan fingerprint density at radius 1 is 1.11 bits per heavy atom. The summed E-state index contributed by atoms with van der Waals surface area (Å²) in [6.07, 6.45) is 0.238. The molecule has 0 saturated carbocycles. The number of aliphatic hydroxyl groups excluding tert-OH is 1. The minimum absolute atomic E-state index is 0.144. The molecule has 192 valence electrons. The number of nitrogens with zero attached hydrogens (tertiary/aromatic N) is 6. The number of piperazine rings is 1. The quantitative estimate of drug-likeness (QED) is 0.493. The number of carboxylic acid groups (broad SMARTS) is 2. The van der Waals surface area contributed by atoms with E-state index in [1.807, 2.05) is 7.05 Å². The second kappa shape index (κ2) is 11.7. The highest BCUT2D eigenvalue weighted by molar-refractivity contribution is 6.30. The monoisotopic (exact) mass is 522 g/mol. The molecule has 0 aromatic carbocycles. The van der Waals surface area contributed by atoms with Crippen molar-refractivity contribution in [1.82, 2.24) is 24.8 Å². The Morgan fingerprint density at radius 2 is 1.78 bits per heavy atom. The van der Waals surface area contributed by atoms with E-state index >= 15 is 0 Å². The predicted molar refractivity (Wildman–Crippen MR) is 122 cm³/mol. The molecule has 0 aliphatic carbocycles. The topological polar surface area (TPSA) is 187 Å². The number of amides is 2. The van der Waals surface area contributed by atoms with Gasteiger partial charge in [-0.05, 0) is 19.2 Å². The summed E-state index contributed by atoms with van der Waals surface area (Å²) in [6, 6.07) is 3.20. The fourth-order valence-corrected chi connectivity index (χ4v) is 3.40. The molecule has 2 aromatic rings. The van der Waals surface area contributed by atoms with Gasteiger partial charge in [0.05, 0.1) is 11.4 Å². The van der Waals surface area contributed by atoms with E-state index < -0.39 is 42.7 Å². The van der Waals surface area contributed by atoms with Gasteiger partial charge in [0, 0.05) is 44.8 Å². The number of ether oxygens (including phenoxy) is 1. The molecule has 1 saturated heterocycles. The van der Waals surface area contributed by atoms with Crippen LogP contribution in [0, 0.1) is 0 Å². The first-order valence-electron chi connectivity index (χ1n) is 10.6. The van der Waals surface area contributed by atoms with Crippen molar-refractivity contribution in [1.29, 1.82) is 0 Å². The summed E-state index contributed by atoms with van der Waals surface area (Å²) in [5.41, 5.74) is 0.437. The van der Waals surface area contributed by atoms with Gasteiger partial charge >= 0.3 is 18.0 Å². The molecule has 36 heavy (non-hydrogen) atoms. The van der Waals surface area contributed by atoms with E-state index in [1.54, 1.807) is 17.0 Å². The van der Waals surface area contributed by atoms with Gasteiger partial charge in [0.2, 0.25) is 6.23 Å². The molecule has 14 nitrogen and oxygen atoms in total. The first-order valence-corrected chi connectivity index (χ1v) is 11.0. The summed E-state index contributed by atoms with van der Waals surface area (Å²) in [7, 11) is 2.00. The highest BCUT2D eigenvalue weighted by atomic mass is 35.5. The number of hydrogen-bond donors (Lipinski definition) is 3. The van der Waals surface area contributed by atoms with E-state index in [4.69, 9.17) is 31.7 Å². The minimum Gasteiger partial charge on any atom is -0.481 e. The van der Waals surface area contributed by atoms with Crippen LogP contribution in [0.15, 0.2) is 30.7 Å². The van der Waals surface area contributed by atoms with E-state index in [1.165, 1.54) is 23.5 Å². The van der Waals surface area contributed by atoms with Crippen LogP contribution in [0.5, 0.6) is 0 Å². The van der Waals surface area contributed by atoms with Crippen molar-refractivity contribution in [3.8, 4) is 0 Å². The number of rotatable bonds is 5. The van der Waals surface area contributed by atoms with Gasteiger partial charge in [0.25, 0.3) is 5.91 Å². The average Bonchev–Trinajstić information content (AvgIpc) is 3.11. The maximum atomic E-state index is 12.8. The first kappa shape index (κ1) is 26.7. The molecule has 2 aliphatic heterocycles. The van der Waals surface area contributed by atoms with Crippen LogP contribution < -0.4 is 4.90 Å². The van der Waals surface area contributed by atoms with Crippen molar-refractivity contribution in [2.24, 2.45) is 0 Å². The third-order valence-corrected chi connectivity index (χ3v) is 5.43. The number of carbonyl (C=O) groups is 4. The van der Waals surface area contributed by atoms with Gasteiger partial charge in [-0.3, -0.25) is 14.6 Å². The second-order valence-electron chi connectivity index (χ2n) is 7.78. The van der Waals surface area contributed by atoms with E-state index in [9.17, 15) is 19.2 Å². The van der Waals surface area contributed by atoms with Crippen molar-refractivity contribution in [2.75, 3.05) is 38.1 Å². The van der Waals surface area contributed by atoms with E-state index in [2.05, 4.69) is 19.9 Å². The van der Waals surface area contributed by atoms with Crippen LogP contribution in [0.1, 0.15) is 28.8 Å². The Balaban J connectivity index is 0.000000345. The van der Waals surface area contributed by atoms with Gasteiger partial charge in [0.1, 0.15) is 11.5 Å². The SMILES string of the molecule is CN1CCN(C(=O)O[C@H]2c3nccnc3C(=O)N2c2ccc(Cl)cn2)CC1.O=C(O)CC(O)C(=O)O. The van der Waals surface area contributed by atoms with E-state index in [0.29, 0.717) is 29.6 Å². The Kier molecular flexibility index (Phi) is 8.68. The fraction of sp³-hybridized carbons (Fsp3) is 0.381. The summed E-state index contributed by atoms with van der Waals surface area (Å²) in [5, 5.41) is 24.6. The molecule has 15 heteroatoms. The number of aliphatic carboxylic acids is 2. The Bertz CT molecular complexity index is 1130. The molecule has 0 spiro atoms. The lowest BCUT2D eigenvalue weighted by Gasteiger charge is -2.33. The number of pyridine rings is 1. The molecule has 1 fully saturated rings. The third-order valence-electron chi connectivity index (χ3n) is 5.20. The van der Waals surface area contributed by atoms with Crippen LogP contribution in [0.3, 0.4) is 0 Å². The summed E-state index contributed by atoms with van der Waals surface area (Å²) in [5.74, 6) is -2.97. The van der Waals surface area contributed by atoms with Crippen molar-refractivity contribution >= 4 is 41.4 Å². The van der Waals surface area contributed by atoms with Gasteiger partial charge in [-0.15, -0.1) is 0 Å². The Labute approximate surface area is 209 Å². The van der Waals surface area contributed by atoms with Crippen molar-refractivity contribution in [2.45, 2.75) is 18.8 Å². The van der Waals surface area contributed by atoms with Crippen LogP contribution in [-0.2, 0) is 14.3 Å². The predicted octanol–water partition coefficient (Wildman–Crippen LogP) is 0.475. The normalized spacial score (nSPS) is 18.1. The van der Waals surface area contributed by atoms with Gasteiger partial charge in [-0.25, -0.2) is 24.5 Å². The number of carbonyl (C=O) groups excluding carboxylic acids is 2. The standard InChI is InChI=1S/C17H17ClN6O3.C4H6O5/c1-22-6-8-23(9-7-22)17(26)27-16-14-13(19-4-5-20-14)15(25)24(16)12-3-2-11(18)10-21-12;5-2(4(8)9)1-3(6)7/h2-5,10,16H,6-9H2,1H3;2,5H,1H2,(H,6,7)(H,8,9)/t16-;/m0./s1. The molecular formula is C21H23ClN6O8. The number of likely N-dealkylation sites (N-methyl/N-ethyl adjacent to an activating group) is 1. The van der Waals surface area contributed by atoms with Gasteiger partial charge in [-0.1, -0.05) is 11.6 Å². The van der Waals surface area contributed by atoms with Crippen LogP contribution in [0.4, 0.5) is 10.6 Å². The smallest absolute Gasteiger partial charge is 0.412 e. The molecule has 0 bridgehead atoms. The number of hydrogen-bond acceptors (Lipinski definition) is 10. The van der Waals surface area contributed by atoms with Crippen molar-refractivity contribution < 1.29 is 39.2 Å². The Hall–Kier alpha value is -3.88. The lowest BCUT2D eigenvalue weighted by Crippen LogP contribution is -2.48. The second-order valence-corrected chi connectivity index (χ2v) is 8.21. The number of halogens is 1. The number of aliphatic hydroxyl groups is 1. The van der Waals surface area contributed by atoms with Crippen LogP contribution in [0.25, 0.3) is 0 Å². The van der Waals surface area contributed by atoms with E-state index in [0.717, 1.165) is 13.1 Å². The third kappa shape index (κ3) is 6.41. The number of fused-ring (bicyclic) bond motifs is 1. The molecule has 2 atom stereocenters. The number of anilines is 1. The molecule has 4 heterocycles. The largest absolute Gasteiger partial charge is 0.481 e. The summed E-state index contributed by atoms with van der Waals surface area (Å²) < 4.78 is 5.68.